The van der Waals surface area contributed by atoms with Crippen LogP contribution in [0.2, 0.25) is 0 Å². The molecule has 3 rings (SSSR count). The normalized spacial score (nSPS) is 10.7. The first-order valence-electron chi connectivity index (χ1n) is 9.55. The van der Waals surface area contributed by atoms with Gasteiger partial charge in [-0.05, 0) is 49.5 Å². The van der Waals surface area contributed by atoms with Crippen molar-refractivity contribution < 1.29 is 4.79 Å². The standard InChI is InChI=1S/C22H24N6OS/c1-27(2)11-12-28(14-18-5-3-17(13-23)4-6-18)21(29)20-9-7-19(8-10-20)15-30-22-24-16-25-26-22/h3-10,16H,11-12,14-15H2,1-2H3,(H,24,25,26). The van der Waals surface area contributed by atoms with E-state index in [0.29, 0.717) is 24.2 Å². The molecule has 0 saturated heterocycles. The van der Waals surface area contributed by atoms with Crippen LogP contribution in [0.3, 0.4) is 0 Å². The molecule has 0 aliphatic carbocycles. The largest absolute Gasteiger partial charge is 0.333 e. The first-order valence-corrected chi connectivity index (χ1v) is 10.5. The van der Waals surface area contributed by atoms with Gasteiger partial charge in [0.1, 0.15) is 6.33 Å². The van der Waals surface area contributed by atoms with Crippen molar-refractivity contribution in [3.05, 3.63) is 77.1 Å². The van der Waals surface area contributed by atoms with Crippen LogP contribution in [0, 0.1) is 11.3 Å². The van der Waals surface area contributed by atoms with E-state index in [1.165, 1.54) is 6.33 Å². The summed E-state index contributed by atoms with van der Waals surface area (Å²) >= 11 is 1.56. The molecule has 0 saturated carbocycles. The zero-order valence-electron chi connectivity index (χ0n) is 17.1. The minimum atomic E-state index is -0.00403. The van der Waals surface area contributed by atoms with Gasteiger partial charge in [-0.1, -0.05) is 36.0 Å². The summed E-state index contributed by atoms with van der Waals surface area (Å²) in [5.74, 6) is 0.745. The topological polar surface area (TPSA) is 88.9 Å². The van der Waals surface area contributed by atoms with Crippen LogP contribution in [0.4, 0.5) is 0 Å². The van der Waals surface area contributed by atoms with E-state index in [4.69, 9.17) is 5.26 Å². The Labute approximate surface area is 180 Å². The van der Waals surface area contributed by atoms with Crippen LogP contribution in [0.1, 0.15) is 27.0 Å². The van der Waals surface area contributed by atoms with Crippen molar-refractivity contribution in [3.63, 3.8) is 0 Å². The lowest BCUT2D eigenvalue weighted by atomic mass is 10.1. The van der Waals surface area contributed by atoms with Crippen LogP contribution in [0.15, 0.2) is 60.0 Å². The van der Waals surface area contributed by atoms with Crippen LogP contribution in [-0.2, 0) is 12.3 Å². The van der Waals surface area contributed by atoms with Crippen molar-refractivity contribution in [2.45, 2.75) is 17.5 Å². The molecule has 1 heterocycles. The molecule has 0 aliphatic rings. The lowest BCUT2D eigenvalue weighted by molar-refractivity contribution is 0.0732. The fraction of sp³-hybridized carbons (Fsp3) is 0.273. The molecular formula is C22H24N6OS. The highest BCUT2D eigenvalue weighted by Gasteiger charge is 2.16. The van der Waals surface area contributed by atoms with E-state index in [1.807, 2.05) is 55.4 Å². The fourth-order valence-electron chi connectivity index (χ4n) is 2.82. The number of benzene rings is 2. The number of aromatic nitrogens is 3. The van der Waals surface area contributed by atoms with E-state index < -0.39 is 0 Å². The molecular weight excluding hydrogens is 396 g/mol. The molecule has 2 aromatic carbocycles. The van der Waals surface area contributed by atoms with Gasteiger partial charge >= 0.3 is 0 Å². The van der Waals surface area contributed by atoms with Gasteiger partial charge in [-0.3, -0.25) is 9.89 Å². The van der Waals surface area contributed by atoms with Crippen LogP contribution < -0.4 is 0 Å². The number of carbonyl (C=O) groups is 1. The van der Waals surface area contributed by atoms with Gasteiger partial charge in [0.25, 0.3) is 5.91 Å². The SMILES string of the molecule is CN(C)CCN(Cc1ccc(C#N)cc1)C(=O)c1ccc(CSc2ncn[nH]2)cc1. The minimum Gasteiger partial charge on any atom is -0.333 e. The molecule has 0 unspecified atom stereocenters. The number of nitrogens with zero attached hydrogens (tertiary/aromatic N) is 5. The molecule has 154 valence electrons. The molecule has 30 heavy (non-hydrogen) atoms. The Bertz CT molecular complexity index is 978. The van der Waals surface area contributed by atoms with E-state index in [0.717, 1.165) is 28.6 Å². The highest BCUT2D eigenvalue weighted by molar-refractivity contribution is 7.98. The summed E-state index contributed by atoms with van der Waals surface area (Å²) in [6, 6.07) is 17.2. The summed E-state index contributed by atoms with van der Waals surface area (Å²) in [4.78, 5) is 21.2. The van der Waals surface area contributed by atoms with Crippen molar-refractivity contribution in [1.82, 2.24) is 25.0 Å². The molecule has 0 atom stereocenters. The van der Waals surface area contributed by atoms with E-state index in [2.05, 4.69) is 26.2 Å². The van der Waals surface area contributed by atoms with E-state index in [-0.39, 0.29) is 5.91 Å². The van der Waals surface area contributed by atoms with Gasteiger partial charge in [0.05, 0.1) is 11.6 Å². The summed E-state index contributed by atoms with van der Waals surface area (Å²) < 4.78 is 0. The maximum absolute atomic E-state index is 13.2. The molecule has 0 aliphatic heterocycles. The number of aromatic amines is 1. The highest BCUT2D eigenvalue weighted by atomic mass is 32.2. The van der Waals surface area contributed by atoms with Crippen LogP contribution in [-0.4, -0.2) is 58.1 Å². The number of carbonyl (C=O) groups excluding carboxylic acids is 1. The Kier molecular flexibility index (Phi) is 7.60. The lowest BCUT2D eigenvalue weighted by Crippen LogP contribution is -2.36. The van der Waals surface area contributed by atoms with Gasteiger partial charge in [-0.25, -0.2) is 4.98 Å². The fourth-order valence-corrected chi connectivity index (χ4v) is 3.55. The third kappa shape index (κ3) is 6.17. The number of likely N-dealkylation sites (N-methyl/N-ethyl adjacent to an activating group) is 1. The number of amides is 1. The Morgan fingerprint density at radius 1 is 1.07 bits per heavy atom. The monoisotopic (exact) mass is 420 g/mol. The Hall–Kier alpha value is -3.15. The second-order valence-electron chi connectivity index (χ2n) is 7.11. The molecule has 0 spiro atoms. The van der Waals surface area contributed by atoms with Gasteiger partial charge < -0.3 is 9.80 Å². The predicted molar refractivity (Wildman–Crippen MR) is 117 cm³/mol. The number of nitriles is 1. The summed E-state index contributed by atoms with van der Waals surface area (Å²) in [7, 11) is 3.98. The smallest absolute Gasteiger partial charge is 0.254 e. The number of H-pyrrole nitrogens is 1. The van der Waals surface area contributed by atoms with Crippen molar-refractivity contribution >= 4 is 17.7 Å². The molecule has 1 N–H and O–H groups in total. The Morgan fingerprint density at radius 3 is 2.37 bits per heavy atom. The Morgan fingerprint density at radius 2 is 1.77 bits per heavy atom. The number of rotatable bonds is 9. The van der Waals surface area contributed by atoms with Gasteiger partial charge in [-0.15, -0.1) is 0 Å². The summed E-state index contributed by atoms with van der Waals surface area (Å²) in [6.07, 6.45) is 1.49. The maximum Gasteiger partial charge on any atom is 0.254 e. The molecule has 1 amide bonds. The third-order valence-corrected chi connectivity index (χ3v) is 5.48. The van der Waals surface area contributed by atoms with E-state index in [1.54, 1.807) is 23.9 Å². The molecule has 0 bridgehead atoms. The first kappa shape index (κ1) is 21.6. The van der Waals surface area contributed by atoms with Crippen LogP contribution in [0.5, 0.6) is 0 Å². The van der Waals surface area contributed by atoms with E-state index >= 15 is 0 Å². The van der Waals surface area contributed by atoms with Crippen molar-refractivity contribution in [2.75, 3.05) is 27.2 Å². The second-order valence-corrected chi connectivity index (χ2v) is 8.08. The molecule has 0 fully saturated rings. The molecule has 3 aromatic rings. The zero-order valence-corrected chi connectivity index (χ0v) is 17.9. The average molecular weight is 421 g/mol. The van der Waals surface area contributed by atoms with Crippen molar-refractivity contribution in [1.29, 1.82) is 5.26 Å². The maximum atomic E-state index is 13.2. The van der Waals surface area contributed by atoms with Gasteiger partial charge in [0.15, 0.2) is 5.16 Å². The zero-order chi connectivity index (χ0) is 21.3. The molecule has 7 nitrogen and oxygen atoms in total. The number of thioether (sulfide) groups is 1. The molecule has 1 aromatic heterocycles. The van der Waals surface area contributed by atoms with Crippen LogP contribution in [0.25, 0.3) is 0 Å². The van der Waals surface area contributed by atoms with Gasteiger partial charge in [0.2, 0.25) is 0 Å². The average Bonchev–Trinajstić information content (AvgIpc) is 3.29. The number of nitrogens with one attached hydrogen (secondary N) is 1. The van der Waals surface area contributed by atoms with Crippen LogP contribution >= 0.6 is 11.8 Å². The number of hydrogen-bond donors (Lipinski definition) is 1. The lowest BCUT2D eigenvalue weighted by Gasteiger charge is -2.25. The molecule has 8 heteroatoms. The van der Waals surface area contributed by atoms with E-state index in [9.17, 15) is 4.79 Å². The van der Waals surface area contributed by atoms with Gasteiger partial charge in [0, 0.05) is 31.0 Å². The Balaban J connectivity index is 1.68. The first-order chi connectivity index (χ1) is 14.5. The number of hydrogen-bond acceptors (Lipinski definition) is 6. The minimum absolute atomic E-state index is 0.00403. The predicted octanol–water partition coefficient (Wildman–Crippen LogP) is 3.17. The molecule has 0 radical (unpaired) electrons. The summed E-state index contributed by atoms with van der Waals surface area (Å²) in [5, 5.41) is 16.4. The summed E-state index contributed by atoms with van der Waals surface area (Å²) in [5.41, 5.74) is 3.39. The van der Waals surface area contributed by atoms with Crippen molar-refractivity contribution in [2.24, 2.45) is 0 Å². The highest BCUT2D eigenvalue weighted by Crippen LogP contribution is 2.19. The van der Waals surface area contributed by atoms with Gasteiger partial charge in [-0.2, -0.15) is 10.4 Å². The summed E-state index contributed by atoms with van der Waals surface area (Å²) in [6.45, 7) is 1.89. The quantitative estimate of drug-likeness (QED) is 0.535. The second kappa shape index (κ2) is 10.6. The third-order valence-electron chi connectivity index (χ3n) is 4.53. The van der Waals surface area contributed by atoms with Crippen molar-refractivity contribution in [3.8, 4) is 6.07 Å².